The van der Waals surface area contributed by atoms with Crippen LogP contribution < -0.4 is 5.32 Å². The molecule has 13 heavy (non-hydrogen) atoms. The lowest BCUT2D eigenvalue weighted by Gasteiger charge is -2.35. The minimum absolute atomic E-state index is 0.0659. The van der Waals surface area contributed by atoms with Crippen LogP contribution in [0.2, 0.25) is 0 Å². The van der Waals surface area contributed by atoms with E-state index in [1.807, 2.05) is 12.2 Å². The van der Waals surface area contributed by atoms with Crippen molar-refractivity contribution in [3.8, 4) is 0 Å². The summed E-state index contributed by atoms with van der Waals surface area (Å²) in [6.45, 7) is 2.06. The number of hydrogen-bond acceptors (Lipinski definition) is 1. The van der Waals surface area contributed by atoms with Gasteiger partial charge in [0.25, 0.3) is 0 Å². The molecule has 0 saturated carbocycles. The van der Waals surface area contributed by atoms with Gasteiger partial charge in [-0.3, -0.25) is 4.79 Å². The monoisotopic (exact) mass is 175 g/mol. The van der Waals surface area contributed by atoms with Gasteiger partial charge in [-0.1, -0.05) is 36.0 Å². The number of carbonyl (C=O) groups is 1. The van der Waals surface area contributed by atoms with Crippen LogP contribution in [-0.2, 0) is 4.79 Å². The van der Waals surface area contributed by atoms with Gasteiger partial charge in [-0.25, -0.2) is 0 Å². The van der Waals surface area contributed by atoms with E-state index in [1.54, 1.807) is 0 Å². The summed E-state index contributed by atoms with van der Waals surface area (Å²) in [6, 6.07) is 0.228. The van der Waals surface area contributed by atoms with Crippen molar-refractivity contribution >= 4 is 5.91 Å². The van der Waals surface area contributed by atoms with E-state index in [0.717, 1.165) is 6.42 Å². The maximum Gasteiger partial charge on any atom is 0.229 e. The SMILES string of the molecule is C/C1=C/C=C\C/C=C\[C@@H]2C(=O)N[C@H]12. The summed E-state index contributed by atoms with van der Waals surface area (Å²) in [6.07, 6.45) is 11.2. The zero-order valence-corrected chi connectivity index (χ0v) is 7.66. The van der Waals surface area contributed by atoms with Crippen LogP contribution in [0.5, 0.6) is 0 Å². The quantitative estimate of drug-likeness (QED) is 0.439. The first kappa shape index (κ1) is 8.30. The smallest absolute Gasteiger partial charge is 0.229 e. The zero-order chi connectivity index (χ0) is 9.26. The highest BCUT2D eigenvalue weighted by Crippen LogP contribution is 2.24. The molecule has 1 fully saturated rings. The Morgan fingerprint density at radius 1 is 1.46 bits per heavy atom. The third-order valence-corrected chi connectivity index (χ3v) is 2.56. The summed E-state index contributed by atoms with van der Waals surface area (Å²) in [5.41, 5.74) is 1.23. The zero-order valence-electron chi connectivity index (χ0n) is 7.66. The normalized spacial score (nSPS) is 40.7. The molecule has 0 aromatic carbocycles. The van der Waals surface area contributed by atoms with E-state index in [4.69, 9.17) is 0 Å². The van der Waals surface area contributed by atoms with Crippen molar-refractivity contribution in [1.29, 1.82) is 0 Å². The van der Waals surface area contributed by atoms with Crippen LogP contribution in [0.15, 0.2) is 36.0 Å². The fourth-order valence-corrected chi connectivity index (χ4v) is 1.70. The molecule has 1 N–H and O–H groups in total. The first-order valence-corrected chi connectivity index (χ1v) is 4.59. The maximum atomic E-state index is 11.2. The number of carbonyl (C=O) groups excluding carboxylic acids is 1. The first-order valence-electron chi connectivity index (χ1n) is 4.59. The van der Waals surface area contributed by atoms with Gasteiger partial charge in [0.1, 0.15) is 0 Å². The Bertz CT molecular complexity index is 312. The van der Waals surface area contributed by atoms with E-state index >= 15 is 0 Å². The number of rotatable bonds is 0. The fraction of sp³-hybridized carbons (Fsp3) is 0.364. The number of allylic oxidation sites excluding steroid dienone is 4. The third kappa shape index (κ3) is 1.44. The minimum atomic E-state index is 0.0659. The van der Waals surface area contributed by atoms with Gasteiger partial charge >= 0.3 is 0 Å². The summed E-state index contributed by atoms with van der Waals surface area (Å²) in [4.78, 5) is 11.2. The van der Waals surface area contributed by atoms with Crippen molar-refractivity contribution in [2.75, 3.05) is 0 Å². The van der Waals surface area contributed by atoms with Gasteiger partial charge in [-0.15, -0.1) is 0 Å². The standard InChI is InChI=1S/C11H13NO/c1-8-6-4-2-3-5-7-9-10(8)12-11(9)13/h2,4-7,9-10H,3H2,1H3,(H,12,13)/b4-2-,7-5-,8-6-/t9-,10+/m0/s1. The van der Waals surface area contributed by atoms with Crippen LogP contribution in [-0.4, -0.2) is 11.9 Å². The van der Waals surface area contributed by atoms with E-state index in [1.165, 1.54) is 5.57 Å². The van der Waals surface area contributed by atoms with Crippen molar-refractivity contribution in [1.82, 2.24) is 5.32 Å². The van der Waals surface area contributed by atoms with Crippen molar-refractivity contribution in [2.45, 2.75) is 19.4 Å². The van der Waals surface area contributed by atoms with Crippen LogP contribution >= 0.6 is 0 Å². The lowest BCUT2D eigenvalue weighted by atomic mass is 9.85. The first-order chi connectivity index (χ1) is 6.29. The summed E-state index contributed by atoms with van der Waals surface area (Å²) >= 11 is 0. The lowest BCUT2D eigenvalue weighted by molar-refractivity contribution is -0.131. The van der Waals surface area contributed by atoms with E-state index in [0.29, 0.717) is 0 Å². The molecule has 68 valence electrons. The summed E-state index contributed by atoms with van der Waals surface area (Å²) in [5, 5.41) is 2.90. The number of β-lactam (4-membered cyclic amide) rings is 1. The Balaban J connectivity index is 2.24. The van der Waals surface area contributed by atoms with Crippen molar-refractivity contribution in [3.05, 3.63) is 36.0 Å². The summed E-state index contributed by atoms with van der Waals surface area (Å²) in [5.74, 6) is 0.215. The van der Waals surface area contributed by atoms with Gasteiger partial charge in [0.05, 0.1) is 12.0 Å². The number of hydrogen-bond donors (Lipinski definition) is 1. The predicted molar refractivity (Wildman–Crippen MR) is 52.1 cm³/mol. The van der Waals surface area contributed by atoms with Gasteiger partial charge in [-0.2, -0.15) is 0 Å². The molecule has 1 aliphatic heterocycles. The molecule has 0 unspecified atom stereocenters. The molecule has 1 heterocycles. The average molecular weight is 175 g/mol. The second-order valence-electron chi connectivity index (χ2n) is 3.51. The molecule has 0 spiro atoms. The molecular weight excluding hydrogens is 162 g/mol. The van der Waals surface area contributed by atoms with Crippen LogP contribution in [0.25, 0.3) is 0 Å². The highest BCUT2D eigenvalue weighted by Gasteiger charge is 2.37. The molecule has 2 heteroatoms. The van der Waals surface area contributed by atoms with Crippen molar-refractivity contribution in [3.63, 3.8) is 0 Å². The van der Waals surface area contributed by atoms with E-state index in [2.05, 4.69) is 30.5 Å². The van der Waals surface area contributed by atoms with Crippen LogP contribution in [0, 0.1) is 5.92 Å². The molecule has 0 aromatic heterocycles. The predicted octanol–water partition coefficient (Wildman–Crippen LogP) is 1.56. The van der Waals surface area contributed by atoms with Crippen molar-refractivity contribution < 1.29 is 4.79 Å². The molecule has 1 saturated heterocycles. The molecule has 2 nitrogen and oxygen atoms in total. The molecule has 0 bridgehead atoms. The van der Waals surface area contributed by atoms with E-state index in [9.17, 15) is 4.79 Å². The summed E-state index contributed by atoms with van der Waals surface area (Å²) < 4.78 is 0. The Hall–Kier alpha value is -1.31. The minimum Gasteiger partial charge on any atom is -0.348 e. The van der Waals surface area contributed by atoms with Crippen LogP contribution in [0.4, 0.5) is 0 Å². The topological polar surface area (TPSA) is 29.1 Å². The second-order valence-corrected chi connectivity index (χ2v) is 3.51. The third-order valence-electron chi connectivity index (χ3n) is 2.56. The average Bonchev–Trinajstić information content (AvgIpc) is 2.17. The molecule has 2 atom stereocenters. The van der Waals surface area contributed by atoms with E-state index in [-0.39, 0.29) is 17.9 Å². The molecular formula is C11H13NO. The van der Waals surface area contributed by atoms with Gasteiger partial charge < -0.3 is 5.32 Å². The number of fused-ring (bicyclic) bond motifs is 1. The summed E-state index contributed by atoms with van der Waals surface area (Å²) in [7, 11) is 0. The molecule has 0 radical (unpaired) electrons. The van der Waals surface area contributed by atoms with Gasteiger partial charge in [0.2, 0.25) is 5.91 Å². The van der Waals surface area contributed by atoms with E-state index < -0.39 is 0 Å². The number of nitrogens with one attached hydrogen (secondary N) is 1. The highest BCUT2D eigenvalue weighted by atomic mass is 16.2. The Morgan fingerprint density at radius 3 is 3.08 bits per heavy atom. The fourth-order valence-electron chi connectivity index (χ4n) is 1.70. The number of amides is 1. The Morgan fingerprint density at radius 2 is 2.31 bits per heavy atom. The lowest BCUT2D eigenvalue weighted by Crippen LogP contribution is -2.57. The molecule has 0 aromatic rings. The second kappa shape index (κ2) is 3.21. The highest BCUT2D eigenvalue weighted by molar-refractivity contribution is 5.88. The molecule has 1 amide bonds. The Labute approximate surface area is 78.0 Å². The largest absolute Gasteiger partial charge is 0.348 e. The van der Waals surface area contributed by atoms with Gasteiger partial charge in [-0.05, 0) is 13.3 Å². The van der Waals surface area contributed by atoms with Gasteiger partial charge in [0, 0.05) is 0 Å². The van der Waals surface area contributed by atoms with Crippen molar-refractivity contribution in [2.24, 2.45) is 5.92 Å². The van der Waals surface area contributed by atoms with Crippen LogP contribution in [0.3, 0.4) is 0 Å². The van der Waals surface area contributed by atoms with Crippen LogP contribution in [0.1, 0.15) is 13.3 Å². The molecule has 1 aliphatic carbocycles. The molecule has 2 rings (SSSR count). The molecule has 2 aliphatic rings. The van der Waals surface area contributed by atoms with Gasteiger partial charge in [0.15, 0.2) is 0 Å². The maximum absolute atomic E-state index is 11.2. The Kier molecular flexibility index (Phi) is 2.05.